The normalized spacial score (nSPS) is 15.4. The highest BCUT2D eigenvalue weighted by molar-refractivity contribution is 7.65. The summed E-state index contributed by atoms with van der Waals surface area (Å²) >= 11 is 19.0. The minimum atomic E-state index is -2.65. The molecule has 0 N–H and O–H groups in total. The van der Waals surface area contributed by atoms with Crippen LogP contribution in [0.2, 0.25) is 44.3 Å². The van der Waals surface area contributed by atoms with E-state index in [1.54, 1.807) is 0 Å². The predicted molar refractivity (Wildman–Crippen MR) is 103 cm³/mol. The number of halogens is 3. The van der Waals surface area contributed by atoms with E-state index in [1.807, 2.05) is 0 Å². The molecule has 20 heavy (non-hydrogen) atoms. The van der Waals surface area contributed by atoms with Crippen molar-refractivity contribution in [1.82, 2.24) is 0 Å². The Morgan fingerprint density at radius 3 is 1.85 bits per heavy atom. The highest BCUT2D eigenvalue weighted by Gasteiger charge is 2.42. The second kappa shape index (κ2) is 8.94. The van der Waals surface area contributed by atoms with Crippen molar-refractivity contribution in [3.8, 4) is 0 Å². The maximum Gasteiger partial charge on any atom is 0.344 e. The molecule has 7 heteroatoms. The lowest BCUT2D eigenvalue weighted by molar-refractivity contribution is 0.535. The van der Waals surface area contributed by atoms with Crippen LogP contribution in [0.4, 0.5) is 0 Å². The largest absolute Gasteiger partial charge is 0.456 e. The van der Waals surface area contributed by atoms with Crippen LogP contribution < -0.4 is 0 Å². The maximum absolute atomic E-state index is 6.40. The topological polar surface area (TPSA) is 9.23 Å². The lowest BCUT2D eigenvalue weighted by atomic mass is 10.1. The molecule has 0 heterocycles. The van der Waals surface area contributed by atoms with Crippen molar-refractivity contribution in [3.05, 3.63) is 0 Å². The van der Waals surface area contributed by atoms with Gasteiger partial charge in [0.25, 0.3) is 0 Å². The summed E-state index contributed by atoms with van der Waals surface area (Å²) in [7, 11) is -3.25. The summed E-state index contributed by atoms with van der Waals surface area (Å²) in [6.45, 7) is 13.5. The molecule has 0 bridgehead atoms. The van der Waals surface area contributed by atoms with E-state index in [-0.39, 0.29) is 5.54 Å². The molecule has 0 aromatic carbocycles. The first-order chi connectivity index (χ1) is 8.87. The first-order valence-electron chi connectivity index (χ1n) is 7.64. The zero-order chi connectivity index (χ0) is 16.0. The maximum atomic E-state index is 6.40. The Hall–Kier alpha value is 1.48. The Morgan fingerprint density at radius 2 is 1.45 bits per heavy atom. The van der Waals surface area contributed by atoms with E-state index in [0.717, 1.165) is 12.5 Å². The van der Waals surface area contributed by atoms with E-state index in [1.165, 1.54) is 25.7 Å². The van der Waals surface area contributed by atoms with E-state index in [0.29, 0.717) is 0 Å². The Kier molecular flexibility index (Phi) is 9.60. The molecule has 0 aromatic heterocycles. The van der Waals surface area contributed by atoms with Crippen LogP contribution >= 0.6 is 33.2 Å². The summed E-state index contributed by atoms with van der Waals surface area (Å²) < 4.78 is 6.40. The Labute approximate surface area is 143 Å². The van der Waals surface area contributed by atoms with Crippen LogP contribution in [-0.2, 0) is 4.12 Å². The van der Waals surface area contributed by atoms with Gasteiger partial charge in [-0.3, -0.25) is 0 Å². The fourth-order valence-electron chi connectivity index (χ4n) is 2.66. The van der Waals surface area contributed by atoms with E-state index < -0.39 is 22.6 Å². The highest BCUT2D eigenvalue weighted by atomic mass is 35.8. The molecule has 0 spiro atoms. The van der Waals surface area contributed by atoms with E-state index in [2.05, 4.69) is 39.7 Å². The van der Waals surface area contributed by atoms with E-state index in [9.17, 15) is 0 Å². The van der Waals surface area contributed by atoms with Crippen molar-refractivity contribution in [2.24, 2.45) is 0 Å². The van der Waals surface area contributed by atoms with E-state index >= 15 is 0 Å². The van der Waals surface area contributed by atoms with Gasteiger partial charge >= 0.3 is 6.00 Å². The molecule has 0 fully saturated rings. The molecule has 0 aliphatic carbocycles. The second-order valence-corrected chi connectivity index (χ2v) is 25.2. The molecule has 0 aromatic rings. The average Bonchev–Trinajstić information content (AvgIpc) is 2.17. The lowest BCUT2D eigenvalue weighted by Gasteiger charge is -2.35. The summed E-state index contributed by atoms with van der Waals surface area (Å²) in [4.78, 5) is 0. The number of unbranched alkanes of at least 4 members (excludes halogenated alkanes) is 3. The van der Waals surface area contributed by atoms with Crippen LogP contribution in [0.5, 0.6) is 0 Å². The van der Waals surface area contributed by atoms with Gasteiger partial charge in [0.1, 0.15) is 0 Å². The summed E-state index contributed by atoms with van der Waals surface area (Å²) in [6.07, 6.45) is 6.00. The molecule has 122 valence electrons. The van der Waals surface area contributed by atoms with Gasteiger partial charge < -0.3 is 4.12 Å². The molecular weight excluding hydrogens is 363 g/mol. The molecule has 0 aliphatic heterocycles. The molecule has 1 nitrogen and oxygen atoms in total. The highest BCUT2D eigenvalue weighted by Crippen LogP contribution is 2.43. The standard InChI is InChI=1S/C13H31Cl3OSi3/c1-7-8-9-10-11-13(20(14,15)16)12-19(5,6)17-18(2,3)4/h13H,7-12H2,1-6H3. The van der Waals surface area contributed by atoms with Crippen molar-refractivity contribution in [1.29, 1.82) is 0 Å². The summed E-state index contributed by atoms with van der Waals surface area (Å²) in [5.74, 6) is 0. The van der Waals surface area contributed by atoms with Gasteiger partial charge in [0.15, 0.2) is 16.6 Å². The number of hydrogen-bond acceptors (Lipinski definition) is 1. The SMILES string of the molecule is CCCCCCC(C[Si](C)(C)O[Si](C)(C)C)[Si](Cl)(Cl)Cl. The second-order valence-electron chi connectivity index (χ2n) is 7.27. The van der Waals surface area contributed by atoms with Crippen LogP contribution in [0.25, 0.3) is 0 Å². The fraction of sp³-hybridized carbons (Fsp3) is 1.00. The van der Waals surface area contributed by atoms with Crippen LogP contribution in [-0.4, -0.2) is 22.6 Å². The van der Waals surface area contributed by atoms with Crippen molar-refractivity contribution in [2.45, 2.75) is 83.3 Å². The number of hydrogen-bond donors (Lipinski definition) is 0. The molecule has 0 radical (unpaired) electrons. The van der Waals surface area contributed by atoms with Crippen molar-refractivity contribution in [3.63, 3.8) is 0 Å². The molecule has 0 aliphatic rings. The fourth-order valence-corrected chi connectivity index (χ4v) is 17.0. The molecule has 0 saturated heterocycles. The van der Waals surface area contributed by atoms with Gasteiger partial charge in [-0.05, 0) is 50.7 Å². The average molecular weight is 394 g/mol. The molecule has 1 atom stereocenters. The first-order valence-corrected chi connectivity index (χ1v) is 19.3. The third-order valence-corrected chi connectivity index (χ3v) is 13.9. The molecule has 0 rings (SSSR count). The zero-order valence-corrected chi connectivity index (χ0v) is 19.1. The van der Waals surface area contributed by atoms with Gasteiger partial charge in [-0.25, -0.2) is 0 Å². The van der Waals surface area contributed by atoms with Crippen molar-refractivity contribution < 1.29 is 4.12 Å². The Bertz CT molecular complexity index is 275. The number of rotatable bonds is 10. The van der Waals surface area contributed by atoms with Crippen molar-refractivity contribution in [2.75, 3.05) is 0 Å². The minimum absolute atomic E-state index is 0.252. The lowest BCUT2D eigenvalue weighted by Crippen LogP contribution is -2.44. The van der Waals surface area contributed by atoms with Crippen molar-refractivity contribution >= 4 is 55.9 Å². The quantitative estimate of drug-likeness (QED) is 0.220. The Balaban J connectivity index is 4.57. The van der Waals surface area contributed by atoms with Gasteiger partial charge in [-0.1, -0.05) is 32.6 Å². The van der Waals surface area contributed by atoms with E-state index in [4.69, 9.17) is 37.4 Å². The third kappa shape index (κ3) is 11.1. The van der Waals surface area contributed by atoms with Crippen LogP contribution in [0.15, 0.2) is 0 Å². The van der Waals surface area contributed by atoms with Gasteiger partial charge in [-0.15, -0.1) is 33.2 Å². The summed E-state index contributed by atoms with van der Waals surface area (Å²) in [5.41, 5.74) is 0.252. The third-order valence-electron chi connectivity index (χ3n) is 3.19. The van der Waals surface area contributed by atoms with Crippen LogP contribution in [0, 0.1) is 0 Å². The van der Waals surface area contributed by atoms with Gasteiger partial charge in [0.05, 0.1) is 0 Å². The summed E-state index contributed by atoms with van der Waals surface area (Å²) in [5, 5.41) is 0. The monoisotopic (exact) mass is 392 g/mol. The van der Waals surface area contributed by atoms with Crippen LogP contribution in [0.1, 0.15) is 39.0 Å². The van der Waals surface area contributed by atoms with Gasteiger partial charge in [0, 0.05) is 0 Å². The molecule has 0 saturated carbocycles. The predicted octanol–water partition coefficient (Wildman–Crippen LogP) is 7.04. The molecule has 0 amide bonds. The molecule has 1 unspecified atom stereocenters. The zero-order valence-electron chi connectivity index (χ0n) is 13.9. The van der Waals surface area contributed by atoms with Crippen LogP contribution in [0.3, 0.4) is 0 Å². The first kappa shape index (κ1) is 21.5. The minimum Gasteiger partial charge on any atom is -0.456 e. The van der Waals surface area contributed by atoms with Gasteiger partial charge in [-0.2, -0.15) is 0 Å². The summed E-state index contributed by atoms with van der Waals surface area (Å²) in [6, 6.07) is -1.65. The van der Waals surface area contributed by atoms with Gasteiger partial charge in [0.2, 0.25) is 0 Å². The molecular formula is C13H31Cl3OSi3. The smallest absolute Gasteiger partial charge is 0.344 e. The Morgan fingerprint density at radius 1 is 0.900 bits per heavy atom.